The highest BCUT2D eigenvalue weighted by molar-refractivity contribution is 6.10. The Labute approximate surface area is 150 Å². The highest BCUT2D eigenvalue weighted by atomic mass is 16.5. The Balaban J connectivity index is 1.79. The maximum Gasteiger partial charge on any atom is 0.324 e. The molecule has 3 saturated heterocycles. The largest absolute Gasteiger partial charge is 0.377 e. The molecule has 0 aromatic carbocycles. The summed E-state index contributed by atoms with van der Waals surface area (Å²) in [5.74, 6) is -0.979. The van der Waals surface area contributed by atoms with Crippen LogP contribution < -0.4 is 10.6 Å². The van der Waals surface area contributed by atoms with Crippen LogP contribution in [0, 0.1) is 10.8 Å². The van der Waals surface area contributed by atoms with Crippen molar-refractivity contribution in [2.75, 3.05) is 39.5 Å². The van der Waals surface area contributed by atoms with E-state index in [1.54, 1.807) is 13.8 Å². The zero-order valence-corrected chi connectivity index (χ0v) is 14.7. The van der Waals surface area contributed by atoms with Crippen molar-refractivity contribution < 1.29 is 28.7 Å². The fourth-order valence-electron chi connectivity index (χ4n) is 4.83. The number of ether oxygens (including phenoxy) is 2. The van der Waals surface area contributed by atoms with Crippen LogP contribution in [0.2, 0.25) is 0 Å². The monoisotopic (exact) mass is 366 g/mol. The first-order chi connectivity index (χ1) is 12.3. The van der Waals surface area contributed by atoms with E-state index in [1.165, 1.54) is 9.80 Å². The number of urea groups is 2. The molecule has 4 atom stereocenters. The highest BCUT2D eigenvalue weighted by Crippen LogP contribution is 2.62. The smallest absolute Gasteiger partial charge is 0.324 e. The lowest BCUT2D eigenvalue weighted by molar-refractivity contribution is -0.215. The van der Waals surface area contributed by atoms with Gasteiger partial charge in [-0.05, 0) is 13.8 Å². The summed E-state index contributed by atoms with van der Waals surface area (Å²) in [4.78, 5) is 53.4. The van der Waals surface area contributed by atoms with Gasteiger partial charge in [-0.3, -0.25) is 20.2 Å². The number of amides is 6. The number of carbonyl (C=O) groups is 4. The summed E-state index contributed by atoms with van der Waals surface area (Å²) in [5.41, 5.74) is -2.28. The Hall–Kier alpha value is -2.20. The lowest BCUT2D eigenvalue weighted by Crippen LogP contribution is -2.91. The molecule has 0 unspecified atom stereocenters. The Morgan fingerprint density at radius 1 is 0.769 bits per heavy atom. The van der Waals surface area contributed by atoms with E-state index in [4.69, 9.17) is 9.47 Å². The van der Waals surface area contributed by atoms with E-state index in [1.807, 2.05) is 0 Å². The van der Waals surface area contributed by atoms with Crippen LogP contribution in [0.4, 0.5) is 9.59 Å². The number of nitrogens with one attached hydrogen (secondary N) is 2. The molecule has 6 amide bonds. The third-order valence-electron chi connectivity index (χ3n) is 6.46. The van der Waals surface area contributed by atoms with Crippen molar-refractivity contribution in [3.63, 3.8) is 0 Å². The van der Waals surface area contributed by atoms with Gasteiger partial charge in [-0.15, -0.1) is 0 Å². The standard InChI is InChI=1S/C16H22N4O6/c1-15-9-10-16(15,2)12(22)18-14(24)20(10)4-6-26-8-7-25-5-3-19(9)13(23)17-11(15)21/h9-10H,3-8H2,1-2H3,(H,17,21,23)(H,18,22,24)/t9-,10-,15+,16+/m1/s1. The summed E-state index contributed by atoms with van der Waals surface area (Å²) in [5, 5.41) is 4.73. The minimum Gasteiger partial charge on any atom is -0.377 e. The molecule has 1 aliphatic carbocycles. The van der Waals surface area contributed by atoms with Gasteiger partial charge in [0.25, 0.3) is 0 Å². The van der Waals surface area contributed by atoms with Crippen LogP contribution in [0.25, 0.3) is 0 Å². The van der Waals surface area contributed by atoms with Gasteiger partial charge in [0.2, 0.25) is 11.8 Å². The van der Waals surface area contributed by atoms with Gasteiger partial charge in [0, 0.05) is 13.1 Å². The average Bonchev–Trinajstić information content (AvgIpc) is 2.58. The van der Waals surface area contributed by atoms with Crippen LogP contribution in [-0.2, 0) is 19.1 Å². The van der Waals surface area contributed by atoms with Gasteiger partial charge in [-0.25, -0.2) is 9.59 Å². The normalized spacial score (nSPS) is 40.5. The van der Waals surface area contributed by atoms with E-state index < -0.39 is 46.8 Å². The molecule has 3 aliphatic heterocycles. The van der Waals surface area contributed by atoms with E-state index in [-0.39, 0.29) is 26.3 Å². The molecular weight excluding hydrogens is 344 g/mol. The number of hydrogen-bond donors (Lipinski definition) is 2. The Kier molecular flexibility index (Phi) is 3.74. The van der Waals surface area contributed by atoms with Crippen LogP contribution in [0.1, 0.15) is 13.8 Å². The molecule has 10 heteroatoms. The fraction of sp³-hybridized carbons (Fsp3) is 0.750. The number of carbonyl (C=O) groups excluding carboxylic acids is 4. The molecule has 4 rings (SSSR count). The van der Waals surface area contributed by atoms with Crippen molar-refractivity contribution in [3.8, 4) is 0 Å². The molecule has 2 N–H and O–H groups in total. The maximum absolute atomic E-state index is 12.7. The second-order valence-electron chi connectivity index (χ2n) is 7.42. The number of fused-ring (bicyclic) bond motifs is 1. The van der Waals surface area contributed by atoms with Gasteiger partial charge in [0.15, 0.2) is 0 Å². The molecule has 4 fully saturated rings. The van der Waals surface area contributed by atoms with Crippen molar-refractivity contribution >= 4 is 23.9 Å². The summed E-state index contributed by atoms with van der Waals surface area (Å²) in [7, 11) is 0. The minimum atomic E-state index is -1.14. The third-order valence-corrected chi connectivity index (χ3v) is 6.46. The fourth-order valence-corrected chi connectivity index (χ4v) is 4.83. The SMILES string of the molecule is C[C@]12C(=O)NC(=O)N3CCOCCOCCN4C(=O)NC(=O)[C@]1(C)[C@H]4[C@@H]32. The first-order valence-corrected chi connectivity index (χ1v) is 8.73. The molecule has 26 heavy (non-hydrogen) atoms. The Morgan fingerprint density at radius 3 is 1.54 bits per heavy atom. The molecule has 4 aliphatic rings. The van der Waals surface area contributed by atoms with Crippen molar-refractivity contribution in [2.24, 2.45) is 10.8 Å². The second-order valence-corrected chi connectivity index (χ2v) is 7.42. The zero-order valence-electron chi connectivity index (χ0n) is 14.7. The van der Waals surface area contributed by atoms with E-state index in [0.717, 1.165) is 0 Å². The molecule has 10 nitrogen and oxygen atoms in total. The summed E-state index contributed by atoms with van der Waals surface area (Å²) in [6.07, 6.45) is 0. The number of rotatable bonds is 0. The first kappa shape index (κ1) is 17.2. The van der Waals surface area contributed by atoms with Crippen LogP contribution in [0.15, 0.2) is 0 Å². The van der Waals surface area contributed by atoms with Gasteiger partial charge < -0.3 is 19.3 Å². The quantitative estimate of drug-likeness (QED) is 0.562. The molecule has 0 bridgehead atoms. The lowest BCUT2D eigenvalue weighted by atomic mass is 9.42. The number of imide groups is 2. The van der Waals surface area contributed by atoms with Gasteiger partial charge in [-0.2, -0.15) is 0 Å². The van der Waals surface area contributed by atoms with Crippen molar-refractivity contribution in [1.82, 2.24) is 20.4 Å². The van der Waals surface area contributed by atoms with Gasteiger partial charge in [0.1, 0.15) is 0 Å². The molecule has 0 aromatic rings. The van der Waals surface area contributed by atoms with Crippen LogP contribution in [0.5, 0.6) is 0 Å². The van der Waals surface area contributed by atoms with Crippen LogP contribution in [0.3, 0.4) is 0 Å². The van der Waals surface area contributed by atoms with E-state index in [0.29, 0.717) is 13.2 Å². The summed E-state index contributed by atoms with van der Waals surface area (Å²) in [6, 6.07) is -2.22. The predicted molar refractivity (Wildman–Crippen MR) is 85.9 cm³/mol. The van der Waals surface area contributed by atoms with Crippen molar-refractivity contribution in [3.05, 3.63) is 0 Å². The average molecular weight is 366 g/mol. The van der Waals surface area contributed by atoms with Gasteiger partial charge in [-0.1, -0.05) is 0 Å². The summed E-state index contributed by atoms with van der Waals surface area (Å²) >= 11 is 0. The zero-order chi connectivity index (χ0) is 18.7. The maximum atomic E-state index is 12.7. The minimum absolute atomic E-state index is 0.260. The predicted octanol–water partition coefficient (Wildman–Crippen LogP) is -1.10. The summed E-state index contributed by atoms with van der Waals surface area (Å²) < 4.78 is 11.0. The number of hydrogen-bond acceptors (Lipinski definition) is 6. The molecule has 0 spiro atoms. The Morgan fingerprint density at radius 2 is 1.15 bits per heavy atom. The van der Waals surface area contributed by atoms with Gasteiger partial charge >= 0.3 is 12.1 Å². The topological polar surface area (TPSA) is 117 Å². The van der Waals surface area contributed by atoms with Crippen LogP contribution in [-0.4, -0.2) is 85.3 Å². The molecule has 0 radical (unpaired) electrons. The van der Waals surface area contributed by atoms with Gasteiger partial charge in [0.05, 0.1) is 49.3 Å². The number of nitrogens with zero attached hydrogens (tertiary/aromatic N) is 2. The molecular formula is C16H22N4O6. The molecule has 1 saturated carbocycles. The van der Waals surface area contributed by atoms with E-state index >= 15 is 0 Å². The van der Waals surface area contributed by atoms with E-state index in [9.17, 15) is 19.2 Å². The lowest BCUT2D eigenvalue weighted by Gasteiger charge is -2.71. The molecule has 0 aromatic heterocycles. The second kappa shape index (κ2) is 5.65. The molecule has 3 heterocycles. The first-order valence-electron chi connectivity index (χ1n) is 8.73. The van der Waals surface area contributed by atoms with Crippen molar-refractivity contribution in [1.29, 1.82) is 0 Å². The van der Waals surface area contributed by atoms with Crippen LogP contribution >= 0.6 is 0 Å². The Bertz CT molecular complexity index is 640. The van der Waals surface area contributed by atoms with Crippen molar-refractivity contribution in [2.45, 2.75) is 25.9 Å². The summed E-state index contributed by atoms with van der Waals surface area (Å²) in [6.45, 7) is 5.19. The highest BCUT2D eigenvalue weighted by Gasteiger charge is 2.80. The molecule has 142 valence electrons. The van der Waals surface area contributed by atoms with E-state index in [2.05, 4.69) is 10.6 Å². The third kappa shape index (κ3) is 1.94.